The summed E-state index contributed by atoms with van der Waals surface area (Å²) in [5, 5.41) is 0. The van der Waals surface area contributed by atoms with Crippen molar-refractivity contribution in [2.45, 2.75) is 71.3 Å². The fourth-order valence-corrected chi connectivity index (χ4v) is 3.88. The Morgan fingerprint density at radius 1 is 0.903 bits per heavy atom. The number of hydrogen-bond acceptors (Lipinski definition) is 4. The van der Waals surface area contributed by atoms with Gasteiger partial charge in [0.2, 0.25) is 0 Å². The van der Waals surface area contributed by atoms with Crippen LogP contribution in [0.3, 0.4) is 0 Å². The Morgan fingerprint density at radius 2 is 1.65 bits per heavy atom. The summed E-state index contributed by atoms with van der Waals surface area (Å²) in [5.74, 6) is 1.34. The van der Waals surface area contributed by atoms with Crippen LogP contribution in [0.1, 0.15) is 65.2 Å². The number of carbonyl (C=O) groups is 1. The number of unbranched alkanes of at least 4 members (excludes halogenated alkanes) is 5. The molecule has 0 aliphatic carbocycles. The maximum absolute atomic E-state index is 12.1. The van der Waals surface area contributed by atoms with Gasteiger partial charge >= 0.3 is 5.97 Å². The van der Waals surface area contributed by atoms with E-state index in [1.807, 2.05) is 43.3 Å². The predicted octanol–water partition coefficient (Wildman–Crippen LogP) is 6.81. The van der Waals surface area contributed by atoms with Crippen LogP contribution >= 0.6 is 0 Å². The average molecular weight is 425 g/mol. The Hall–Kier alpha value is -2.49. The van der Waals surface area contributed by atoms with E-state index in [1.54, 1.807) is 0 Å². The van der Waals surface area contributed by atoms with Gasteiger partial charge in [-0.2, -0.15) is 0 Å². The maximum atomic E-state index is 12.1. The minimum atomic E-state index is -0.193. The van der Waals surface area contributed by atoms with Gasteiger partial charge in [0.25, 0.3) is 0 Å². The number of carbonyl (C=O) groups excluding carboxylic acids is 1. The predicted molar refractivity (Wildman–Crippen MR) is 125 cm³/mol. The van der Waals surface area contributed by atoms with Gasteiger partial charge in [-0.15, -0.1) is 0 Å². The highest BCUT2D eigenvalue weighted by Crippen LogP contribution is 2.32. The average Bonchev–Trinajstić information content (AvgIpc) is 2.79. The lowest BCUT2D eigenvalue weighted by molar-refractivity contribution is -0.160. The molecule has 1 fully saturated rings. The van der Waals surface area contributed by atoms with Gasteiger partial charge in [-0.3, -0.25) is 4.79 Å². The van der Waals surface area contributed by atoms with Gasteiger partial charge in [0.15, 0.2) is 0 Å². The van der Waals surface area contributed by atoms with Crippen LogP contribution in [0.2, 0.25) is 0 Å². The van der Waals surface area contributed by atoms with E-state index in [2.05, 4.69) is 19.1 Å². The molecule has 31 heavy (non-hydrogen) atoms. The van der Waals surface area contributed by atoms with Gasteiger partial charge in [-0.25, -0.2) is 0 Å². The van der Waals surface area contributed by atoms with E-state index < -0.39 is 0 Å². The molecule has 1 heterocycles. The Labute approximate surface area is 186 Å². The monoisotopic (exact) mass is 424 g/mol. The zero-order valence-electron chi connectivity index (χ0n) is 19.0. The van der Waals surface area contributed by atoms with E-state index in [4.69, 9.17) is 14.2 Å². The lowest BCUT2D eigenvalue weighted by atomic mass is 9.99. The molecule has 0 amide bonds. The lowest BCUT2D eigenvalue weighted by Crippen LogP contribution is -2.32. The van der Waals surface area contributed by atoms with Crippen molar-refractivity contribution >= 4 is 5.97 Å². The van der Waals surface area contributed by atoms with Crippen LogP contribution < -0.4 is 9.47 Å². The normalized spacial score (nSPS) is 18.5. The fourth-order valence-electron chi connectivity index (χ4n) is 3.88. The molecular weight excluding hydrogens is 388 g/mol. The molecule has 0 N–H and O–H groups in total. The summed E-state index contributed by atoms with van der Waals surface area (Å²) >= 11 is 0. The Balaban J connectivity index is 1.51. The molecule has 1 aliphatic heterocycles. The van der Waals surface area contributed by atoms with E-state index in [0.717, 1.165) is 48.5 Å². The molecule has 4 heteroatoms. The Morgan fingerprint density at radius 3 is 2.42 bits per heavy atom. The van der Waals surface area contributed by atoms with Gasteiger partial charge in [0.1, 0.15) is 18.1 Å². The SMILES string of the molecule is CCCCCCCCOc1ccc(-c2ccccc2OC[C@H]2CC[C@@H](C)OC2=O)cc1. The highest BCUT2D eigenvalue weighted by Gasteiger charge is 2.28. The van der Waals surface area contributed by atoms with Crippen molar-refractivity contribution in [3.8, 4) is 22.6 Å². The number of hydrogen-bond donors (Lipinski definition) is 0. The molecule has 1 saturated heterocycles. The van der Waals surface area contributed by atoms with Crippen molar-refractivity contribution in [1.82, 2.24) is 0 Å². The minimum Gasteiger partial charge on any atom is -0.494 e. The number of ether oxygens (including phenoxy) is 3. The highest BCUT2D eigenvalue weighted by atomic mass is 16.5. The third kappa shape index (κ3) is 7.30. The van der Waals surface area contributed by atoms with Crippen LogP contribution in [0, 0.1) is 5.92 Å². The molecule has 2 aromatic rings. The molecule has 168 valence electrons. The first-order chi connectivity index (χ1) is 15.2. The molecule has 0 bridgehead atoms. The molecule has 0 saturated carbocycles. The Bertz CT molecular complexity index is 799. The molecule has 0 aromatic heterocycles. The zero-order valence-corrected chi connectivity index (χ0v) is 19.0. The molecule has 2 aromatic carbocycles. The maximum Gasteiger partial charge on any atom is 0.312 e. The molecule has 0 radical (unpaired) electrons. The molecular formula is C27H36O4. The first-order valence-electron chi connectivity index (χ1n) is 11.8. The van der Waals surface area contributed by atoms with Crippen LogP contribution in [0.15, 0.2) is 48.5 Å². The molecule has 2 atom stereocenters. The van der Waals surface area contributed by atoms with Crippen LogP contribution in [0.25, 0.3) is 11.1 Å². The van der Waals surface area contributed by atoms with Crippen molar-refractivity contribution < 1.29 is 19.0 Å². The number of para-hydroxylation sites is 1. The standard InChI is InChI=1S/C27H36O4/c1-3-4-5-6-7-10-19-29-24-17-15-22(16-18-24)25-11-8-9-12-26(25)30-20-23-14-13-21(2)31-27(23)28/h8-9,11-12,15-18,21,23H,3-7,10,13-14,19-20H2,1-2H3/t21-,23-/m1/s1. The van der Waals surface area contributed by atoms with Gasteiger partial charge in [0.05, 0.1) is 18.6 Å². The van der Waals surface area contributed by atoms with Crippen LogP contribution in [0.5, 0.6) is 11.5 Å². The van der Waals surface area contributed by atoms with E-state index in [0.29, 0.717) is 6.61 Å². The lowest BCUT2D eigenvalue weighted by Gasteiger charge is -2.26. The van der Waals surface area contributed by atoms with E-state index in [-0.39, 0.29) is 18.0 Å². The van der Waals surface area contributed by atoms with Crippen LogP contribution in [-0.2, 0) is 9.53 Å². The number of cyclic esters (lactones) is 1. The number of rotatable bonds is 12. The first-order valence-corrected chi connectivity index (χ1v) is 11.8. The van der Waals surface area contributed by atoms with Crippen molar-refractivity contribution in [3.05, 3.63) is 48.5 Å². The minimum absolute atomic E-state index is 0.0119. The van der Waals surface area contributed by atoms with Gasteiger partial charge in [0, 0.05) is 5.56 Å². The third-order valence-electron chi connectivity index (χ3n) is 5.83. The summed E-state index contributed by atoms with van der Waals surface area (Å²) in [6, 6.07) is 16.1. The zero-order chi connectivity index (χ0) is 21.9. The van der Waals surface area contributed by atoms with E-state index >= 15 is 0 Å². The van der Waals surface area contributed by atoms with Crippen molar-refractivity contribution in [3.63, 3.8) is 0 Å². The van der Waals surface area contributed by atoms with Crippen molar-refractivity contribution in [1.29, 1.82) is 0 Å². The first kappa shape index (κ1) is 23.2. The smallest absolute Gasteiger partial charge is 0.312 e. The van der Waals surface area contributed by atoms with Gasteiger partial charge in [-0.1, -0.05) is 69.4 Å². The third-order valence-corrected chi connectivity index (χ3v) is 5.83. The summed E-state index contributed by atoms with van der Waals surface area (Å²) in [6.07, 6.45) is 9.28. The summed E-state index contributed by atoms with van der Waals surface area (Å²) < 4.78 is 17.3. The largest absolute Gasteiger partial charge is 0.494 e. The number of esters is 1. The van der Waals surface area contributed by atoms with Gasteiger partial charge in [-0.05, 0) is 49.9 Å². The van der Waals surface area contributed by atoms with Crippen LogP contribution in [-0.4, -0.2) is 25.3 Å². The van der Waals surface area contributed by atoms with Crippen molar-refractivity contribution in [2.24, 2.45) is 5.92 Å². The molecule has 0 spiro atoms. The second-order valence-corrected chi connectivity index (χ2v) is 8.47. The number of benzene rings is 2. The van der Waals surface area contributed by atoms with Gasteiger partial charge < -0.3 is 14.2 Å². The summed E-state index contributed by atoms with van der Waals surface area (Å²) in [6.45, 7) is 5.29. The summed E-state index contributed by atoms with van der Waals surface area (Å²) in [4.78, 5) is 12.1. The second-order valence-electron chi connectivity index (χ2n) is 8.47. The molecule has 1 aliphatic rings. The second kappa shape index (κ2) is 12.4. The molecule has 3 rings (SSSR count). The quantitative estimate of drug-likeness (QED) is 0.277. The summed E-state index contributed by atoms with van der Waals surface area (Å²) in [5.41, 5.74) is 2.09. The molecule has 4 nitrogen and oxygen atoms in total. The molecule has 0 unspecified atom stereocenters. The fraction of sp³-hybridized carbons (Fsp3) is 0.519. The van der Waals surface area contributed by atoms with Crippen LogP contribution in [0.4, 0.5) is 0 Å². The Kier molecular flexibility index (Phi) is 9.26. The van der Waals surface area contributed by atoms with E-state index in [9.17, 15) is 4.79 Å². The van der Waals surface area contributed by atoms with Crippen molar-refractivity contribution in [2.75, 3.05) is 13.2 Å². The topological polar surface area (TPSA) is 44.8 Å². The summed E-state index contributed by atoms with van der Waals surface area (Å²) in [7, 11) is 0. The highest BCUT2D eigenvalue weighted by molar-refractivity contribution is 5.74. The van der Waals surface area contributed by atoms with E-state index in [1.165, 1.54) is 32.1 Å².